The van der Waals surface area contributed by atoms with Gasteiger partial charge in [-0.1, -0.05) is 6.92 Å². The molecule has 1 saturated heterocycles. The van der Waals surface area contributed by atoms with E-state index in [1.54, 1.807) is 6.20 Å². The number of aromatic amines is 1. The van der Waals surface area contributed by atoms with E-state index in [4.69, 9.17) is 4.74 Å². The molecule has 1 unspecified atom stereocenters. The molecule has 1 aromatic heterocycles. The Labute approximate surface area is 128 Å². The molecule has 0 spiro atoms. The Bertz CT molecular complexity index is 524. The standard InChI is InChI=1S/C15H24N2O3S/c1-2-8-20-15-11-16-13(10-14(15)18)12-21(19)9-7-17-5-3-4-6-17/h10-11H,2-9,12H2,1H3,(H,16,18). The van der Waals surface area contributed by atoms with E-state index in [1.807, 2.05) is 6.92 Å². The molecule has 1 N–H and O–H groups in total. The molecule has 0 bridgehead atoms. The van der Waals surface area contributed by atoms with E-state index in [1.165, 1.54) is 18.9 Å². The van der Waals surface area contributed by atoms with Crippen molar-refractivity contribution < 1.29 is 8.95 Å². The molecular formula is C15H24N2O3S. The van der Waals surface area contributed by atoms with Crippen molar-refractivity contribution in [1.29, 1.82) is 0 Å². The Morgan fingerprint density at radius 1 is 1.38 bits per heavy atom. The third-order valence-electron chi connectivity index (χ3n) is 3.55. The van der Waals surface area contributed by atoms with E-state index in [0.717, 1.165) is 26.1 Å². The third-order valence-corrected chi connectivity index (χ3v) is 4.82. The van der Waals surface area contributed by atoms with Crippen LogP contribution in [-0.4, -0.2) is 46.1 Å². The number of nitrogens with zero attached hydrogens (tertiary/aromatic N) is 1. The van der Waals surface area contributed by atoms with Crippen LogP contribution in [-0.2, 0) is 16.6 Å². The van der Waals surface area contributed by atoms with E-state index >= 15 is 0 Å². The number of aromatic nitrogens is 1. The predicted octanol–water partition coefficient (Wildman–Crippen LogP) is 1.51. The second kappa shape index (κ2) is 8.34. The number of hydrogen-bond donors (Lipinski definition) is 1. The highest BCUT2D eigenvalue weighted by molar-refractivity contribution is 7.84. The van der Waals surface area contributed by atoms with Gasteiger partial charge in [0.05, 0.1) is 12.4 Å². The Kier molecular flexibility index (Phi) is 6.45. The third kappa shape index (κ3) is 5.28. The summed E-state index contributed by atoms with van der Waals surface area (Å²) in [4.78, 5) is 17.2. The highest BCUT2D eigenvalue weighted by Crippen LogP contribution is 2.08. The van der Waals surface area contributed by atoms with Crippen LogP contribution in [0, 0.1) is 0 Å². The van der Waals surface area contributed by atoms with Gasteiger partial charge in [-0.15, -0.1) is 0 Å². The molecule has 0 aliphatic carbocycles. The zero-order valence-electron chi connectivity index (χ0n) is 12.6. The normalized spacial score (nSPS) is 17.0. The van der Waals surface area contributed by atoms with Gasteiger partial charge in [-0.25, -0.2) is 0 Å². The number of pyridine rings is 1. The number of hydrogen-bond acceptors (Lipinski definition) is 4. The van der Waals surface area contributed by atoms with Gasteiger partial charge in [0.2, 0.25) is 5.43 Å². The summed E-state index contributed by atoms with van der Waals surface area (Å²) in [5.41, 5.74) is 0.567. The van der Waals surface area contributed by atoms with Crippen molar-refractivity contribution in [3.8, 4) is 5.75 Å². The first-order valence-electron chi connectivity index (χ1n) is 7.60. The molecule has 1 fully saturated rings. The van der Waals surface area contributed by atoms with Crippen LogP contribution in [0.4, 0.5) is 0 Å². The fourth-order valence-corrected chi connectivity index (χ4v) is 3.51. The van der Waals surface area contributed by atoms with Gasteiger partial charge in [0, 0.05) is 41.1 Å². The second-order valence-electron chi connectivity index (χ2n) is 5.37. The quantitative estimate of drug-likeness (QED) is 0.790. The van der Waals surface area contributed by atoms with Gasteiger partial charge in [-0.2, -0.15) is 0 Å². The maximum absolute atomic E-state index is 12.1. The van der Waals surface area contributed by atoms with Crippen LogP contribution in [0.1, 0.15) is 31.9 Å². The van der Waals surface area contributed by atoms with Crippen molar-refractivity contribution in [2.24, 2.45) is 0 Å². The lowest BCUT2D eigenvalue weighted by Crippen LogP contribution is -2.25. The van der Waals surface area contributed by atoms with Gasteiger partial charge in [0.25, 0.3) is 0 Å². The summed E-state index contributed by atoms with van der Waals surface area (Å²) in [6.07, 6.45) is 4.94. The first-order chi connectivity index (χ1) is 10.2. The molecule has 21 heavy (non-hydrogen) atoms. The summed E-state index contributed by atoms with van der Waals surface area (Å²) in [5.74, 6) is 1.40. The highest BCUT2D eigenvalue weighted by Gasteiger charge is 2.13. The highest BCUT2D eigenvalue weighted by atomic mass is 32.2. The Hall–Kier alpha value is -1.14. The lowest BCUT2D eigenvalue weighted by molar-refractivity contribution is 0.313. The fraction of sp³-hybridized carbons (Fsp3) is 0.667. The van der Waals surface area contributed by atoms with Crippen molar-refractivity contribution >= 4 is 10.8 Å². The van der Waals surface area contributed by atoms with Crippen molar-refractivity contribution in [2.45, 2.75) is 31.9 Å². The average molecular weight is 312 g/mol. The van der Waals surface area contributed by atoms with Gasteiger partial charge in [-0.3, -0.25) is 9.00 Å². The van der Waals surface area contributed by atoms with E-state index in [-0.39, 0.29) is 5.43 Å². The minimum atomic E-state index is -0.940. The summed E-state index contributed by atoms with van der Waals surface area (Å²) < 4.78 is 17.4. The Morgan fingerprint density at radius 3 is 2.81 bits per heavy atom. The maximum Gasteiger partial charge on any atom is 0.223 e. The van der Waals surface area contributed by atoms with Crippen LogP contribution in [0.2, 0.25) is 0 Å². The zero-order valence-corrected chi connectivity index (χ0v) is 13.4. The zero-order chi connectivity index (χ0) is 15.1. The molecule has 2 rings (SSSR count). The van der Waals surface area contributed by atoms with Crippen LogP contribution in [0.3, 0.4) is 0 Å². The van der Waals surface area contributed by atoms with Crippen LogP contribution >= 0.6 is 0 Å². The average Bonchev–Trinajstić information content (AvgIpc) is 2.98. The lowest BCUT2D eigenvalue weighted by Gasteiger charge is -2.13. The maximum atomic E-state index is 12.1. The first kappa shape index (κ1) is 16.2. The molecule has 2 heterocycles. The lowest BCUT2D eigenvalue weighted by atomic mass is 10.3. The molecule has 0 amide bonds. The first-order valence-corrected chi connectivity index (χ1v) is 9.09. The minimum Gasteiger partial charge on any atom is -0.488 e. The summed E-state index contributed by atoms with van der Waals surface area (Å²) in [6, 6.07) is 1.50. The SMILES string of the molecule is CCCOc1c[nH]c(CS(=O)CCN2CCCC2)cc1=O. The van der Waals surface area contributed by atoms with Crippen molar-refractivity contribution in [3.63, 3.8) is 0 Å². The monoisotopic (exact) mass is 312 g/mol. The molecule has 1 aromatic rings. The Balaban J connectivity index is 1.82. The van der Waals surface area contributed by atoms with Gasteiger partial charge < -0.3 is 14.6 Å². The van der Waals surface area contributed by atoms with Gasteiger partial charge in [0.1, 0.15) is 0 Å². The van der Waals surface area contributed by atoms with Crippen molar-refractivity contribution in [1.82, 2.24) is 9.88 Å². The number of rotatable bonds is 8. The van der Waals surface area contributed by atoms with E-state index < -0.39 is 10.8 Å². The van der Waals surface area contributed by atoms with Crippen LogP contribution in [0.25, 0.3) is 0 Å². The molecular weight excluding hydrogens is 288 g/mol. The molecule has 1 aliphatic rings. The van der Waals surface area contributed by atoms with Crippen molar-refractivity contribution in [3.05, 3.63) is 28.2 Å². The molecule has 6 heteroatoms. The molecule has 5 nitrogen and oxygen atoms in total. The van der Waals surface area contributed by atoms with E-state index in [0.29, 0.717) is 29.6 Å². The van der Waals surface area contributed by atoms with Crippen LogP contribution < -0.4 is 10.2 Å². The minimum absolute atomic E-state index is 0.145. The summed E-state index contributed by atoms with van der Waals surface area (Å²) in [5, 5.41) is 0. The molecule has 1 atom stereocenters. The Morgan fingerprint density at radius 2 is 2.14 bits per heavy atom. The summed E-state index contributed by atoms with van der Waals surface area (Å²) in [6.45, 7) is 5.65. The fourth-order valence-electron chi connectivity index (χ4n) is 2.39. The summed E-state index contributed by atoms with van der Waals surface area (Å²) >= 11 is 0. The number of ether oxygens (including phenoxy) is 1. The molecule has 0 aromatic carbocycles. The van der Waals surface area contributed by atoms with E-state index in [9.17, 15) is 9.00 Å². The van der Waals surface area contributed by atoms with Crippen molar-refractivity contribution in [2.75, 3.05) is 32.0 Å². The van der Waals surface area contributed by atoms with Crippen LogP contribution in [0.15, 0.2) is 17.1 Å². The largest absolute Gasteiger partial charge is 0.488 e. The second-order valence-corrected chi connectivity index (χ2v) is 6.95. The van der Waals surface area contributed by atoms with Crippen LogP contribution in [0.5, 0.6) is 5.75 Å². The van der Waals surface area contributed by atoms with Gasteiger partial charge in [0.15, 0.2) is 5.75 Å². The number of nitrogens with one attached hydrogen (secondary N) is 1. The molecule has 0 radical (unpaired) electrons. The molecule has 118 valence electrons. The predicted molar refractivity (Wildman–Crippen MR) is 85.2 cm³/mol. The molecule has 0 saturated carbocycles. The number of H-pyrrole nitrogens is 1. The van der Waals surface area contributed by atoms with Gasteiger partial charge in [-0.05, 0) is 32.4 Å². The number of likely N-dealkylation sites (tertiary alicyclic amines) is 1. The molecule has 1 aliphatic heterocycles. The van der Waals surface area contributed by atoms with Gasteiger partial charge >= 0.3 is 0 Å². The van der Waals surface area contributed by atoms with E-state index in [2.05, 4.69) is 9.88 Å². The smallest absolute Gasteiger partial charge is 0.223 e. The topological polar surface area (TPSA) is 62.4 Å². The summed E-state index contributed by atoms with van der Waals surface area (Å²) in [7, 11) is -0.940.